The summed E-state index contributed by atoms with van der Waals surface area (Å²) in [5.41, 5.74) is 0. The van der Waals surface area contributed by atoms with E-state index in [1.807, 2.05) is 0 Å². The van der Waals surface area contributed by atoms with Crippen LogP contribution in [0.1, 0.15) is 33.6 Å². The third-order valence-corrected chi connectivity index (χ3v) is 2.78. The van der Waals surface area contributed by atoms with Gasteiger partial charge in [0.2, 0.25) is 0 Å². The monoisotopic (exact) mass is 230 g/mol. The summed E-state index contributed by atoms with van der Waals surface area (Å²) >= 11 is 0. The van der Waals surface area contributed by atoms with Gasteiger partial charge in [0, 0.05) is 20.2 Å². The minimum Gasteiger partial charge on any atom is -0.382 e. The van der Waals surface area contributed by atoms with Crippen LogP contribution in [0.15, 0.2) is 0 Å². The van der Waals surface area contributed by atoms with Gasteiger partial charge in [0.25, 0.3) is 0 Å². The van der Waals surface area contributed by atoms with Gasteiger partial charge in [0.1, 0.15) is 0 Å². The summed E-state index contributed by atoms with van der Waals surface area (Å²) in [6, 6.07) is 0. The molecule has 0 rings (SSSR count). The van der Waals surface area contributed by atoms with Gasteiger partial charge in [-0.3, -0.25) is 0 Å². The van der Waals surface area contributed by atoms with Crippen molar-refractivity contribution in [3.05, 3.63) is 0 Å². The maximum atomic E-state index is 5.23. The van der Waals surface area contributed by atoms with Crippen LogP contribution in [-0.2, 0) is 4.74 Å². The molecule has 0 saturated heterocycles. The first-order valence-electron chi connectivity index (χ1n) is 6.48. The van der Waals surface area contributed by atoms with E-state index in [4.69, 9.17) is 4.74 Å². The number of methoxy groups -OCH3 is 1. The molecule has 1 unspecified atom stereocenters. The minimum atomic E-state index is 0.396. The predicted octanol–water partition coefficient (Wildman–Crippen LogP) is 1.98. The largest absolute Gasteiger partial charge is 0.382 e. The van der Waals surface area contributed by atoms with Crippen molar-refractivity contribution >= 4 is 0 Å². The first kappa shape index (κ1) is 15.9. The van der Waals surface area contributed by atoms with Crippen LogP contribution in [0.3, 0.4) is 0 Å². The summed E-state index contributed by atoms with van der Waals surface area (Å²) in [6.07, 6.45) is 2.77. The van der Waals surface area contributed by atoms with Crippen LogP contribution in [0.2, 0.25) is 0 Å². The van der Waals surface area contributed by atoms with Crippen LogP contribution in [0.25, 0.3) is 0 Å². The molecule has 3 heteroatoms. The third kappa shape index (κ3) is 10.4. The van der Waals surface area contributed by atoms with Crippen LogP contribution in [0.4, 0.5) is 0 Å². The van der Waals surface area contributed by atoms with Crippen molar-refractivity contribution in [1.82, 2.24) is 10.2 Å². The molecule has 0 amide bonds. The zero-order valence-corrected chi connectivity index (χ0v) is 11.8. The van der Waals surface area contributed by atoms with E-state index in [-0.39, 0.29) is 0 Å². The van der Waals surface area contributed by atoms with Crippen molar-refractivity contribution in [2.45, 2.75) is 39.7 Å². The van der Waals surface area contributed by atoms with Crippen LogP contribution in [0, 0.1) is 5.92 Å². The fourth-order valence-electron chi connectivity index (χ4n) is 1.54. The van der Waals surface area contributed by atoms with Crippen LogP contribution < -0.4 is 5.32 Å². The Morgan fingerprint density at radius 1 is 1.19 bits per heavy atom. The molecule has 0 fully saturated rings. The van der Waals surface area contributed by atoms with Crippen molar-refractivity contribution < 1.29 is 4.74 Å². The van der Waals surface area contributed by atoms with E-state index in [0.717, 1.165) is 38.5 Å². The topological polar surface area (TPSA) is 24.5 Å². The Bertz CT molecular complexity index is 151. The van der Waals surface area contributed by atoms with E-state index in [2.05, 4.69) is 38.0 Å². The number of hydrogen-bond acceptors (Lipinski definition) is 3. The Balaban J connectivity index is 3.27. The molecular formula is C13H30N2O. The quantitative estimate of drug-likeness (QED) is 0.581. The molecule has 98 valence electrons. The molecule has 1 atom stereocenters. The van der Waals surface area contributed by atoms with Crippen LogP contribution >= 0.6 is 0 Å². The summed E-state index contributed by atoms with van der Waals surface area (Å²) in [4.78, 5) is 2.38. The minimum absolute atomic E-state index is 0.396. The number of rotatable bonds is 10. The highest BCUT2D eigenvalue weighted by Crippen LogP contribution is 2.00. The third-order valence-electron chi connectivity index (χ3n) is 2.78. The lowest BCUT2D eigenvalue weighted by Crippen LogP contribution is -2.31. The van der Waals surface area contributed by atoms with Gasteiger partial charge in [0.15, 0.2) is 0 Å². The number of nitrogens with one attached hydrogen (secondary N) is 1. The van der Waals surface area contributed by atoms with Gasteiger partial charge in [-0.25, -0.2) is 0 Å². The second-order valence-corrected chi connectivity index (χ2v) is 5.09. The van der Waals surface area contributed by atoms with Crippen LogP contribution in [0.5, 0.6) is 0 Å². The molecule has 0 aliphatic rings. The number of ether oxygens (including phenoxy) is 1. The molecule has 0 aliphatic carbocycles. The number of hydrogen-bond donors (Lipinski definition) is 1. The molecule has 0 spiro atoms. The second kappa shape index (κ2) is 10.1. The zero-order chi connectivity index (χ0) is 12.4. The molecule has 0 bridgehead atoms. The van der Waals surface area contributed by atoms with Crippen LogP contribution in [-0.4, -0.2) is 51.3 Å². The SMILES string of the molecule is COC(C)CCCN(C)CCNCC(C)C. The molecule has 0 aromatic carbocycles. The van der Waals surface area contributed by atoms with Gasteiger partial charge < -0.3 is 15.0 Å². The molecule has 0 saturated carbocycles. The van der Waals surface area contributed by atoms with E-state index in [9.17, 15) is 0 Å². The Hall–Kier alpha value is -0.120. The normalized spacial score (nSPS) is 13.7. The van der Waals surface area contributed by atoms with Gasteiger partial charge >= 0.3 is 0 Å². The van der Waals surface area contributed by atoms with E-state index in [0.29, 0.717) is 6.10 Å². The first-order chi connectivity index (χ1) is 7.56. The molecule has 0 heterocycles. The van der Waals surface area contributed by atoms with E-state index < -0.39 is 0 Å². The van der Waals surface area contributed by atoms with Gasteiger partial charge in [-0.15, -0.1) is 0 Å². The average Bonchev–Trinajstić information content (AvgIpc) is 2.24. The highest BCUT2D eigenvalue weighted by molar-refractivity contribution is 4.58. The fourth-order valence-corrected chi connectivity index (χ4v) is 1.54. The fraction of sp³-hybridized carbons (Fsp3) is 1.00. The lowest BCUT2D eigenvalue weighted by atomic mass is 10.2. The Kier molecular flexibility index (Phi) is 9.99. The molecule has 0 radical (unpaired) electrons. The maximum absolute atomic E-state index is 5.23. The van der Waals surface area contributed by atoms with Crippen molar-refractivity contribution in [2.75, 3.05) is 40.3 Å². The van der Waals surface area contributed by atoms with Gasteiger partial charge in [-0.05, 0) is 45.8 Å². The standard InChI is InChI=1S/C13H30N2O/c1-12(2)11-14-8-10-15(4)9-6-7-13(3)16-5/h12-14H,6-11H2,1-5H3. The van der Waals surface area contributed by atoms with E-state index in [1.165, 1.54) is 6.42 Å². The maximum Gasteiger partial charge on any atom is 0.0543 e. The Labute approximate surface area is 102 Å². The van der Waals surface area contributed by atoms with E-state index >= 15 is 0 Å². The first-order valence-corrected chi connectivity index (χ1v) is 6.48. The summed E-state index contributed by atoms with van der Waals surface area (Å²) in [6.45, 7) is 11.1. The molecule has 0 aliphatic heterocycles. The Morgan fingerprint density at radius 3 is 2.44 bits per heavy atom. The van der Waals surface area contributed by atoms with Crippen molar-refractivity contribution in [3.63, 3.8) is 0 Å². The van der Waals surface area contributed by atoms with Crippen molar-refractivity contribution in [2.24, 2.45) is 5.92 Å². The van der Waals surface area contributed by atoms with Gasteiger partial charge in [-0.1, -0.05) is 13.8 Å². The molecule has 16 heavy (non-hydrogen) atoms. The average molecular weight is 230 g/mol. The lowest BCUT2D eigenvalue weighted by Gasteiger charge is -2.18. The summed E-state index contributed by atoms with van der Waals surface area (Å²) < 4.78 is 5.23. The van der Waals surface area contributed by atoms with E-state index in [1.54, 1.807) is 7.11 Å². The Morgan fingerprint density at radius 2 is 1.88 bits per heavy atom. The van der Waals surface area contributed by atoms with Gasteiger partial charge in [-0.2, -0.15) is 0 Å². The molecule has 0 aromatic heterocycles. The smallest absolute Gasteiger partial charge is 0.0543 e. The summed E-state index contributed by atoms with van der Waals surface area (Å²) in [7, 11) is 3.97. The second-order valence-electron chi connectivity index (χ2n) is 5.09. The molecule has 0 aromatic rings. The predicted molar refractivity (Wildman–Crippen MR) is 70.9 cm³/mol. The summed E-state index contributed by atoms with van der Waals surface area (Å²) in [5.74, 6) is 0.743. The molecule has 1 N–H and O–H groups in total. The number of likely N-dealkylation sites (N-methyl/N-ethyl adjacent to an activating group) is 1. The molecule has 3 nitrogen and oxygen atoms in total. The zero-order valence-electron chi connectivity index (χ0n) is 11.8. The van der Waals surface area contributed by atoms with Gasteiger partial charge in [0.05, 0.1) is 6.10 Å². The highest BCUT2D eigenvalue weighted by Gasteiger charge is 2.02. The van der Waals surface area contributed by atoms with Crippen molar-refractivity contribution in [1.29, 1.82) is 0 Å². The summed E-state index contributed by atoms with van der Waals surface area (Å²) in [5, 5.41) is 3.46. The molecular weight excluding hydrogens is 200 g/mol. The van der Waals surface area contributed by atoms with Crippen molar-refractivity contribution in [3.8, 4) is 0 Å². The number of nitrogens with zero attached hydrogens (tertiary/aromatic N) is 1. The lowest BCUT2D eigenvalue weighted by molar-refractivity contribution is 0.106. The highest BCUT2D eigenvalue weighted by atomic mass is 16.5.